The van der Waals surface area contributed by atoms with Crippen LogP contribution < -0.4 is 0 Å². The van der Waals surface area contributed by atoms with Crippen LogP contribution in [0.4, 0.5) is 0 Å². The van der Waals surface area contributed by atoms with Crippen LogP contribution in [-0.4, -0.2) is 39.8 Å². The molecule has 2 nitrogen and oxygen atoms in total. The van der Waals surface area contributed by atoms with E-state index in [1.165, 1.54) is 64.7 Å². The SMILES string of the molecule is CCCCC(O)(CCCC)[C@H]1CCO[C@@H]1[Sn]([CH2]CCC)([CH2]CCC)[CH2]CCC. The van der Waals surface area contributed by atoms with E-state index in [0.29, 0.717) is 10.0 Å². The van der Waals surface area contributed by atoms with Gasteiger partial charge in [0.05, 0.1) is 0 Å². The Balaban J connectivity index is 3.18. The topological polar surface area (TPSA) is 29.5 Å². The standard InChI is InChI=1S/C13H25O2.3C4H9.Sn/c1-3-5-8-13(14,9-6-4-2)12-7-10-15-11-12;3*1-3-4-2;/h11-12,14H,3-10H2,1-2H3;3*1,3-4H2,2H3;/t12-;;;;/m0..../s1. The van der Waals surface area contributed by atoms with E-state index in [9.17, 15) is 5.11 Å². The first-order valence-electron chi connectivity index (χ1n) is 12.9. The zero-order chi connectivity index (χ0) is 20.9. The fraction of sp³-hybridized carbons (Fsp3) is 1.00. The van der Waals surface area contributed by atoms with Gasteiger partial charge < -0.3 is 0 Å². The van der Waals surface area contributed by atoms with Crippen molar-refractivity contribution in [2.75, 3.05) is 6.61 Å². The molecule has 28 heavy (non-hydrogen) atoms. The summed E-state index contributed by atoms with van der Waals surface area (Å²) < 4.78 is 11.6. The number of unbranched alkanes of at least 4 members (excludes halogenated alkanes) is 5. The number of rotatable bonds is 17. The van der Waals surface area contributed by atoms with Gasteiger partial charge in [0.2, 0.25) is 0 Å². The van der Waals surface area contributed by atoms with Crippen molar-refractivity contribution in [2.24, 2.45) is 5.92 Å². The Morgan fingerprint density at radius 1 is 0.750 bits per heavy atom. The molecular weight excluding hydrogens is 451 g/mol. The zero-order valence-electron chi connectivity index (χ0n) is 20.0. The van der Waals surface area contributed by atoms with Gasteiger partial charge in [-0.2, -0.15) is 0 Å². The third-order valence-electron chi connectivity index (χ3n) is 7.40. The number of ether oxygens (including phenoxy) is 1. The van der Waals surface area contributed by atoms with E-state index in [4.69, 9.17) is 4.74 Å². The molecule has 1 aliphatic heterocycles. The minimum atomic E-state index is -2.50. The third-order valence-corrected chi connectivity index (χ3v) is 24.0. The molecule has 0 aromatic heterocycles. The predicted octanol–water partition coefficient (Wildman–Crippen LogP) is 7.89. The summed E-state index contributed by atoms with van der Waals surface area (Å²) in [4.78, 5) is 0. The van der Waals surface area contributed by atoms with E-state index in [-0.39, 0.29) is 0 Å². The Morgan fingerprint density at radius 2 is 1.18 bits per heavy atom. The Hall–Kier alpha value is 0.719. The summed E-state index contributed by atoms with van der Waals surface area (Å²) in [6.45, 7) is 12.5. The summed E-state index contributed by atoms with van der Waals surface area (Å²) in [5.74, 6) is 0.423. The molecule has 0 aliphatic carbocycles. The van der Waals surface area contributed by atoms with Gasteiger partial charge in [-0.3, -0.25) is 0 Å². The maximum atomic E-state index is 11.9. The van der Waals surface area contributed by atoms with E-state index in [1.807, 2.05) is 0 Å². The molecule has 2 atom stereocenters. The van der Waals surface area contributed by atoms with Crippen molar-refractivity contribution in [1.29, 1.82) is 0 Å². The van der Waals surface area contributed by atoms with Crippen LogP contribution >= 0.6 is 0 Å². The van der Waals surface area contributed by atoms with Crippen molar-refractivity contribution in [2.45, 2.75) is 141 Å². The maximum absolute atomic E-state index is 11.9. The van der Waals surface area contributed by atoms with Gasteiger partial charge >= 0.3 is 182 Å². The number of hydrogen-bond donors (Lipinski definition) is 1. The molecule has 1 N–H and O–H groups in total. The zero-order valence-corrected chi connectivity index (χ0v) is 22.9. The van der Waals surface area contributed by atoms with Gasteiger partial charge in [0, 0.05) is 0 Å². The monoisotopic (exact) mass is 504 g/mol. The van der Waals surface area contributed by atoms with Crippen molar-refractivity contribution in [3.63, 3.8) is 0 Å². The molecule has 1 aliphatic rings. The second-order valence-corrected chi connectivity index (χ2v) is 23.4. The normalized spacial score (nSPS) is 20.8. The Bertz CT molecular complexity index is 355. The summed E-state index contributed by atoms with van der Waals surface area (Å²) in [7, 11) is 0. The molecule has 0 radical (unpaired) electrons. The van der Waals surface area contributed by atoms with Crippen molar-refractivity contribution in [1.82, 2.24) is 0 Å². The first kappa shape index (κ1) is 26.8. The average Bonchev–Trinajstić information content (AvgIpc) is 3.22. The van der Waals surface area contributed by atoms with E-state index in [2.05, 4.69) is 34.6 Å². The molecular formula is C25H52O2Sn. The summed E-state index contributed by atoms with van der Waals surface area (Å²) in [5, 5.41) is 11.9. The summed E-state index contributed by atoms with van der Waals surface area (Å²) >= 11 is -2.50. The molecule has 1 fully saturated rings. The Morgan fingerprint density at radius 3 is 1.57 bits per heavy atom. The molecule has 1 rings (SSSR count). The van der Waals surface area contributed by atoms with Gasteiger partial charge in [0.1, 0.15) is 0 Å². The molecule has 0 unspecified atom stereocenters. The average molecular weight is 503 g/mol. The van der Waals surface area contributed by atoms with Crippen molar-refractivity contribution in [3.8, 4) is 0 Å². The van der Waals surface area contributed by atoms with E-state index >= 15 is 0 Å². The number of hydrogen-bond acceptors (Lipinski definition) is 2. The molecule has 0 aromatic carbocycles. The summed E-state index contributed by atoms with van der Waals surface area (Å²) in [6.07, 6.45) is 15.9. The van der Waals surface area contributed by atoms with E-state index < -0.39 is 24.0 Å². The fourth-order valence-corrected chi connectivity index (χ4v) is 24.4. The Labute approximate surface area is 181 Å². The Kier molecular flexibility index (Phi) is 14.0. The molecule has 0 spiro atoms. The third kappa shape index (κ3) is 7.76. The first-order chi connectivity index (χ1) is 13.5. The van der Waals surface area contributed by atoms with Crippen LogP contribution in [0.15, 0.2) is 0 Å². The minimum absolute atomic E-state index is 0.423. The first-order valence-corrected chi connectivity index (χ1v) is 20.6. The van der Waals surface area contributed by atoms with Crippen LogP contribution in [0.1, 0.15) is 118 Å². The molecule has 3 heteroatoms. The molecule has 0 saturated carbocycles. The fourth-order valence-electron chi connectivity index (χ4n) is 5.59. The van der Waals surface area contributed by atoms with Gasteiger partial charge in [0.25, 0.3) is 0 Å². The molecule has 1 saturated heterocycles. The van der Waals surface area contributed by atoms with Crippen molar-refractivity contribution in [3.05, 3.63) is 0 Å². The number of aliphatic hydroxyl groups is 1. The summed E-state index contributed by atoms with van der Waals surface area (Å²) in [6, 6.07) is 0. The second kappa shape index (κ2) is 14.7. The van der Waals surface area contributed by atoms with Crippen molar-refractivity contribution < 1.29 is 9.84 Å². The molecule has 168 valence electrons. The van der Waals surface area contributed by atoms with Gasteiger partial charge in [-0.05, 0) is 0 Å². The van der Waals surface area contributed by atoms with Crippen LogP contribution in [0.5, 0.6) is 0 Å². The second-order valence-electron chi connectivity index (χ2n) is 9.67. The predicted molar refractivity (Wildman–Crippen MR) is 127 cm³/mol. The molecule has 0 amide bonds. The van der Waals surface area contributed by atoms with Gasteiger partial charge in [-0.15, -0.1) is 0 Å². The van der Waals surface area contributed by atoms with Crippen LogP contribution in [0.25, 0.3) is 0 Å². The van der Waals surface area contributed by atoms with Gasteiger partial charge in [-0.25, -0.2) is 0 Å². The van der Waals surface area contributed by atoms with Crippen LogP contribution in [0, 0.1) is 5.92 Å². The van der Waals surface area contributed by atoms with Gasteiger partial charge in [-0.1, -0.05) is 0 Å². The molecule has 1 heterocycles. The molecule has 0 bridgehead atoms. The molecule has 0 aromatic rings. The van der Waals surface area contributed by atoms with Crippen LogP contribution in [0.3, 0.4) is 0 Å². The van der Waals surface area contributed by atoms with E-state index in [0.717, 1.165) is 38.7 Å². The van der Waals surface area contributed by atoms with Gasteiger partial charge in [0.15, 0.2) is 0 Å². The quantitative estimate of drug-likeness (QED) is 0.205. The van der Waals surface area contributed by atoms with Crippen LogP contribution in [0.2, 0.25) is 13.3 Å². The van der Waals surface area contributed by atoms with Crippen LogP contribution in [-0.2, 0) is 4.74 Å². The van der Waals surface area contributed by atoms with E-state index in [1.54, 1.807) is 0 Å². The van der Waals surface area contributed by atoms with Crippen molar-refractivity contribution >= 4 is 18.4 Å². The summed E-state index contributed by atoms with van der Waals surface area (Å²) in [5.41, 5.74) is -0.472.